The monoisotopic (exact) mass is 305 g/mol. The summed E-state index contributed by atoms with van der Waals surface area (Å²) in [5.74, 6) is -0.464. The molecule has 2 aliphatic heterocycles. The fraction of sp³-hybridized carbons (Fsp3) is 0.571. The van der Waals surface area contributed by atoms with Crippen LogP contribution in [0.4, 0.5) is 0 Å². The molecule has 8 nitrogen and oxygen atoms in total. The van der Waals surface area contributed by atoms with Crippen LogP contribution in [0.2, 0.25) is 0 Å². The Morgan fingerprint density at radius 1 is 1.32 bits per heavy atom. The van der Waals surface area contributed by atoms with Gasteiger partial charge in [-0.3, -0.25) is 19.1 Å². The number of amides is 3. The number of rotatable bonds is 3. The van der Waals surface area contributed by atoms with Crippen molar-refractivity contribution < 1.29 is 14.4 Å². The average Bonchev–Trinajstić information content (AvgIpc) is 3.03. The van der Waals surface area contributed by atoms with E-state index >= 15 is 0 Å². The largest absolute Gasteiger partial charge is 0.359 e. The number of hydrogen-bond donors (Lipinski definition) is 1. The summed E-state index contributed by atoms with van der Waals surface area (Å²) in [4.78, 5) is 39.4. The molecule has 1 aromatic rings. The van der Waals surface area contributed by atoms with Crippen molar-refractivity contribution in [2.75, 3.05) is 26.7 Å². The van der Waals surface area contributed by atoms with E-state index in [1.807, 2.05) is 0 Å². The molecular formula is C14H19N5O3. The lowest BCUT2D eigenvalue weighted by atomic mass is 10.1. The molecule has 1 atom stereocenters. The maximum absolute atomic E-state index is 12.3. The first-order valence-corrected chi connectivity index (χ1v) is 7.29. The van der Waals surface area contributed by atoms with Crippen LogP contribution in [-0.4, -0.2) is 70.0 Å². The second kappa shape index (κ2) is 5.43. The van der Waals surface area contributed by atoms with Crippen LogP contribution < -0.4 is 5.32 Å². The minimum absolute atomic E-state index is 0.00812. The number of aromatic nitrogens is 2. The van der Waals surface area contributed by atoms with E-state index in [2.05, 4.69) is 10.4 Å². The number of nitrogens with zero attached hydrogens (tertiary/aromatic N) is 4. The lowest BCUT2D eigenvalue weighted by Gasteiger charge is -2.43. The highest BCUT2D eigenvalue weighted by atomic mass is 16.2. The highest BCUT2D eigenvalue weighted by molar-refractivity contribution is 5.93. The zero-order valence-corrected chi connectivity index (χ0v) is 12.7. The van der Waals surface area contributed by atoms with Gasteiger partial charge in [-0.1, -0.05) is 0 Å². The molecule has 3 rings (SSSR count). The number of aryl methyl sites for hydroxylation is 1. The van der Waals surface area contributed by atoms with E-state index in [0.29, 0.717) is 25.3 Å². The van der Waals surface area contributed by atoms with Gasteiger partial charge in [-0.25, -0.2) is 0 Å². The third-order valence-corrected chi connectivity index (χ3v) is 4.41. The maximum Gasteiger partial charge on any atom is 0.272 e. The number of nitrogens with one attached hydrogen (secondary N) is 1. The van der Waals surface area contributed by atoms with Crippen LogP contribution in [0.1, 0.15) is 16.9 Å². The van der Waals surface area contributed by atoms with Gasteiger partial charge in [0.25, 0.3) is 5.91 Å². The summed E-state index contributed by atoms with van der Waals surface area (Å²) in [6.45, 7) is 1.46. The first kappa shape index (κ1) is 14.6. The van der Waals surface area contributed by atoms with Gasteiger partial charge in [0.05, 0.1) is 12.0 Å². The maximum atomic E-state index is 12.3. The number of hydrogen-bond acceptors (Lipinski definition) is 4. The van der Waals surface area contributed by atoms with E-state index in [1.54, 1.807) is 36.2 Å². The first-order chi connectivity index (χ1) is 10.5. The van der Waals surface area contributed by atoms with Gasteiger partial charge in [0.1, 0.15) is 5.69 Å². The second-order valence-electron chi connectivity index (χ2n) is 5.77. The molecule has 22 heavy (non-hydrogen) atoms. The zero-order valence-electron chi connectivity index (χ0n) is 12.7. The summed E-state index contributed by atoms with van der Waals surface area (Å²) in [6.07, 6.45) is 1.84. The third-order valence-electron chi connectivity index (χ3n) is 4.41. The summed E-state index contributed by atoms with van der Waals surface area (Å²) >= 11 is 0. The van der Waals surface area contributed by atoms with Crippen LogP contribution in [0.5, 0.6) is 0 Å². The lowest BCUT2D eigenvalue weighted by molar-refractivity contribution is -0.132. The molecule has 0 aliphatic carbocycles. The molecular weight excluding hydrogens is 286 g/mol. The number of carbonyl (C=O) groups is 3. The molecule has 2 aliphatic rings. The Labute approximate surface area is 128 Å². The summed E-state index contributed by atoms with van der Waals surface area (Å²) in [7, 11) is 3.30. The fourth-order valence-electron chi connectivity index (χ4n) is 3.03. The van der Waals surface area contributed by atoms with Gasteiger partial charge in [-0.2, -0.15) is 5.10 Å². The molecule has 1 N–H and O–H groups in total. The molecule has 2 fully saturated rings. The minimum atomic E-state index is -0.278. The Bertz CT molecular complexity index is 620. The molecule has 1 aromatic heterocycles. The zero-order chi connectivity index (χ0) is 15.9. The SMILES string of the molecule is CNC(=O)C1CC(=O)N(C2CN(C(=O)c3ccnn3C)C2)C1. The van der Waals surface area contributed by atoms with E-state index in [-0.39, 0.29) is 36.1 Å². The molecule has 0 saturated carbocycles. The van der Waals surface area contributed by atoms with Gasteiger partial charge in [-0.05, 0) is 6.07 Å². The normalized spacial score (nSPS) is 21.9. The molecule has 0 spiro atoms. The summed E-state index contributed by atoms with van der Waals surface area (Å²) in [5, 5.41) is 6.57. The van der Waals surface area contributed by atoms with Gasteiger partial charge in [0.2, 0.25) is 11.8 Å². The lowest BCUT2D eigenvalue weighted by Crippen LogP contribution is -2.61. The average molecular weight is 305 g/mol. The first-order valence-electron chi connectivity index (χ1n) is 7.29. The molecule has 0 aromatic carbocycles. The molecule has 0 radical (unpaired) electrons. The standard InChI is InChI=1S/C14H19N5O3/c1-15-13(21)9-5-12(20)19(6-9)10-7-18(8-10)14(22)11-3-4-16-17(11)2/h3-4,9-10H,5-8H2,1-2H3,(H,15,21). The van der Waals surface area contributed by atoms with Crippen LogP contribution in [0.25, 0.3) is 0 Å². The highest BCUT2D eigenvalue weighted by Crippen LogP contribution is 2.25. The van der Waals surface area contributed by atoms with Crippen molar-refractivity contribution in [2.24, 2.45) is 13.0 Å². The van der Waals surface area contributed by atoms with Gasteiger partial charge < -0.3 is 15.1 Å². The minimum Gasteiger partial charge on any atom is -0.359 e. The van der Waals surface area contributed by atoms with Gasteiger partial charge in [0.15, 0.2) is 0 Å². The summed E-state index contributed by atoms with van der Waals surface area (Å²) < 4.78 is 1.54. The van der Waals surface area contributed by atoms with Crippen molar-refractivity contribution in [3.63, 3.8) is 0 Å². The number of carbonyl (C=O) groups excluding carboxylic acids is 3. The van der Waals surface area contributed by atoms with Gasteiger partial charge in [0, 0.05) is 46.3 Å². The predicted octanol–water partition coefficient (Wildman–Crippen LogP) is -1.16. The summed E-state index contributed by atoms with van der Waals surface area (Å²) in [5.41, 5.74) is 0.537. The highest BCUT2D eigenvalue weighted by Gasteiger charge is 2.43. The predicted molar refractivity (Wildman–Crippen MR) is 76.8 cm³/mol. The Kier molecular flexibility index (Phi) is 3.59. The number of likely N-dealkylation sites (tertiary alicyclic amines) is 2. The van der Waals surface area contributed by atoms with Crippen molar-refractivity contribution in [3.8, 4) is 0 Å². The molecule has 2 saturated heterocycles. The Morgan fingerprint density at radius 3 is 2.64 bits per heavy atom. The van der Waals surface area contributed by atoms with E-state index < -0.39 is 0 Å². The van der Waals surface area contributed by atoms with Crippen LogP contribution >= 0.6 is 0 Å². The van der Waals surface area contributed by atoms with Crippen molar-refractivity contribution in [2.45, 2.75) is 12.5 Å². The topological polar surface area (TPSA) is 87.5 Å². The molecule has 0 bridgehead atoms. The van der Waals surface area contributed by atoms with Gasteiger partial charge >= 0.3 is 0 Å². The third kappa shape index (κ3) is 2.34. The Hall–Kier alpha value is -2.38. The molecule has 118 valence electrons. The van der Waals surface area contributed by atoms with Crippen molar-refractivity contribution in [1.29, 1.82) is 0 Å². The van der Waals surface area contributed by atoms with Crippen LogP contribution in [0.15, 0.2) is 12.3 Å². The molecule has 3 heterocycles. The van der Waals surface area contributed by atoms with E-state index in [0.717, 1.165) is 0 Å². The van der Waals surface area contributed by atoms with E-state index in [1.165, 1.54) is 4.68 Å². The van der Waals surface area contributed by atoms with Crippen LogP contribution in [0.3, 0.4) is 0 Å². The smallest absolute Gasteiger partial charge is 0.272 e. The molecule has 1 unspecified atom stereocenters. The Balaban J connectivity index is 1.58. The quantitative estimate of drug-likeness (QED) is 0.763. The van der Waals surface area contributed by atoms with Gasteiger partial charge in [-0.15, -0.1) is 0 Å². The second-order valence-corrected chi connectivity index (χ2v) is 5.77. The molecule has 8 heteroatoms. The van der Waals surface area contributed by atoms with Crippen LogP contribution in [-0.2, 0) is 16.6 Å². The molecule has 3 amide bonds. The van der Waals surface area contributed by atoms with Crippen molar-refractivity contribution in [3.05, 3.63) is 18.0 Å². The van der Waals surface area contributed by atoms with Crippen molar-refractivity contribution >= 4 is 17.7 Å². The van der Waals surface area contributed by atoms with Crippen molar-refractivity contribution in [1.82, 2.24) is 24.9 Å². The van der Waals surface area contributed by atoms with Crippen LogP contribution in [0, 0.1) is 5.92 Å². The van der Waals surface area contributed by atoms with E-state index in [4.69, 9.17) is 0 Å². The fourth-order valence-corrected chi connectivity index (χ4v) is 3.03. The Morgan fingerprint density at radius 2 is 2.05 bits per heavy atom. The van der Waals surface area contributed by atoms with E-state index in [9.17, 15) is 14.4 Å². The summed E-state index contributed by atoms with van der Waals surface area (Å²) in [6, 6.07) is 1.69.